The average molecular weight is 288 g/mol. The lowest BCUT2D eigenvalue weighted by atomic mass is 9.91. The number of halogens is 1. The van der Waals surface area contributed by atoms with Crippen LogP contribution in [0.5, 0.6) is 0 Å². The molecule has 0 amide bonds. The Morgan fingerprint density at radius 2 is 1.85 bits per heavy atom. The summed E-state index contributed by atoms with van der Waals surface area (Å²) < 4.78 is 0. The molecule has 0 bridgehead atoms. The van der Waals surface area contributed by atoms with Gasteiger partial charge in [0.05, 0.1) is 0 Å². The van der Waals surface area contributed by atoms with Crippen molar-refractivity contribution in [3.8, 4) is 0 Å². The fourth-order valence-corrected chi connectivity index (χ4v) is 2.73. The second-order valence-electron chi connectivity index (χ2n) is 5.43. The first-order chi connectivity index (χ1) is 9.60. The van der Waals surface area contributed by atoms with Crippen LogP contribution in [0, 0.1) is 13.8 Å². The highest BCUT2D eigenvalue weighted by Gasteiger charge is 2.12. The van der Waals surface area contributed by atoms with Crippen molar-refractivity contribution in [3.63, 3.8) is 0 Å². The van der Waals surface area contributed by atoms with Gasteiger partial charge in [-0.15, -0.1) is 0 Å². The fraction of sp³-hybridized carbons (Fsp3) is 0.333. The van der Waals surface area contributed by atoms with Crippen LogP contribution in [-0.4, -0.2) is 13.6 Å². The van der Waals surface area contributed by atoms with Crippen molar-refractivity contribution in [2.45, 2.75) is 26.2 Å². The third-order valence-electron chi connectivity index (χ3n) is 3.82. The van der Waals surface area contributed by atoms with Crippen LogP contribution >= 0.6 is 11.6 Å². The molecule has 2 aromatic rings. The van der Waals surface area contributed by atoms with Gasteiger partial charge in [-0.2, -0.15) is 0 Å². The third kappa shape index (κ3) is 3.84. The summed E-state index contributed by atoms with van der Waals surface area (Å²) in [5, 5.41) is 4.10. The number of hydrogen-bond acceptors (Lipinski definition) is 1. The first-order valence-electron chi connectivity index (χ1n) is 7.06. The van der Waals surface area contributed by atoms with Crippen LogP contribution in [0.25, 0.3) is 0 Å². The van der Waals surface area contributed by atoms with Crippen molar-refractivity contribution in [2.75, 3.05) is 13.6 Å². The molecule has 1 atom stereocenters. The summed E-state index contributed by atoms with van der Waals surface area (Å²) in [7, 11) is 2.00. The molecule has 0 saturated carbocycles. The smallest absolute Gasteiger partial charge is 0.0408 e. The highest BCUT2D eigenvalue weighted by atomic mass is 35.5. The molecule has 0 radical (unpaired) electrons. The summed E-state index contributed by atoms with van der Waals surface area (Å²) in [6, 6.07) is 14.9. The Bertz CT molecular complexity index is 577. The van der Waals surface area contributed by atoms with Crippen molar-refractivity contribution in [2.24, 2.45) is 0 Å². The van der Waals surface area contributed by atoms with E-state index < -0.39 is 0 Å². The Hall–Kier alpha value is -1.31. The molecule has 0 spiro atoms. The number of nitrogens with one attached hydrogen (secondary N) is 1. The van der Waals surface area contributed by atoms with Crippen LogP contribution in [-0.2, 0) is 6.42 Å². The number of aryl methyl sites for hydroxylation is 2. The number of rotatable bonds is 5. The molecule has 1 N–H and O–H groups in total. The molecule has 2 rings (SSSR count). The van der Waals surface area contributed by atoms with E-state index in [0.717, 1.165) is 18.0 Å². The summed E-state index contributed by atoms with van der Waals surface area (Å²) in [6.45, 7) is 5.28. The first-order valence-corrected chi connectivity index (χ1v) is 7.44. The standard InChI is InChI=1S/C18H22ClN/c1-13-7-8-15(9-14(13)2)10-17(12-20-3)16-5-4-6-18(19)11-16/h4-9,11,17,20H,10,12H2,1-3H3. The minimum Gasteiger partial charge on any atom is -0.319 e. The van der Waals surface area contributed by atoms with Gasteiger partial charge in [0.2, 0.25) is 0 Å². The average Bonchev–Trinajstić information content (AvgIpc) is 2.42. The van der Waals surface area contributed by atoms with Crippen LogP contribution in [0.2, 0.25) is 5.02 Å². The molecule has 106 valence electrons. The van der Waals surface area contributed by atoms with Crippen molar-refractivity contribution < 1.29 is 0 Å². The maximum absolute atomic E-state index is 6.12. The van der Waals surface area contributed by atoms with Gasteiger partial charge in [0, 0.05) is 17.5 Å². The highest BCUT2D eigenvalue weighted by Crippen LogP contribution is 2.24. The van der Waals surface area contributed by atoms with Crippen LogP contribution in [0.15, 0.2) is 42.5 Å². The molecule has 1 nitrogen and oxygen atoms in total. The summed E-state index contributed by atoms with van der Waals surface area (Å²) in [5.41, 5.74) is 5.39. The highest BCUT2D eigenvalue weighted by molar-refractivity contribution is 6.30. The molecule has 0 saturated heterocycles. The van der Waals surface area contributed by atoms with Crippen molar-refractivity contribution in [3.05, 3.63) is 69.7 Å². The minimum atomic E-state index is 0.445. The van der Waals surface area contributed by atoms with E-state index in [9.17, 15) is 0 Å². The lowest BCUT2D eigenvalue weighted by Crippen LogP contribution is -2.19. The topological polar surface area (TPSA) is 12.0 Å². The molecule has 20 heavy (non-hydrogen) atoms. The van der Waals surface area contributed by atoms with Gasteiger partial charge in [0.15, 0.2) is 0 Å². The number of benzene rings is 2. The summed E-state index contributed by atoms with van der Waals surface area (Å²) >= 11 is 6.12. The van der Waals surface area contributed by atoms with Crippen molar-refractivity contribution in [1.82, 2.24) is 5.32 Å². The third-order valence-corrected chi connectivity index (χ3v) is 4.06. The molecular weight excluding hydrogens is 266 g/mol. The van der Waals surface area contributed by atoms with E-state index in [1.807, 2.05) is 19.2 Å². The Morgan fingerprint density at radius 3 is 2.50 bits per heavy atom. The van der Waals surface area contributed by atoms with E-state index in [1.165, 1.54) is 22.3 Å². The molecular formula is C18H22ClN. The summed E-state index contributed by atoms with van der Waals surface area (Å²) in [6.07, 6.45) is 1.03. The monoisotopic (exact) mass is 287 g/mol. The minimum absolute atomic E-state index is 0.445. The van der Waals surface area contributed by atoms with Crippen LogP contribution in [0.3, 0.4) is 0 Å². The van der Waals surface area contributed by atoms with Crippen LogP contribution < -0.4 is 5.32 Å². The number of hydrogen-bond donors (Lipinski definition) is 1. The number of likely N-dealkylation sites (N-methyl/N-ethyl adjacent to an activating group) is 1. The lowest BCUT2D eigenvalue weighted by molar-refractivity contribution is 0.625. The summed E-state index contributed by atoms with van der Waals surface area (Å²) in [4.78, 5) is 0. The normalized spacial score (nSPS) is 12.4. The van der Waals surface area contributed by atoms with Crippen molar-refractivity contribution >= 4 is 11.6 Å². The predicted octanol–water partition coefficient (Wildman–Crippen LogP) is 4.50. The Labute approximate surface area is 127 Å². The van der Waals surface area contributed by atoms with E-state index in [2.05, 4.69) is 49.5 Å². The van der Waals surface area contributed by atoms with Gasteiger partial charge >= 0.3 is 0 Å². The largest absolute Gasteiger partial charge is 0.319 e. The van der Waals surface area contributed by atoms with E-state index in [0.29, 0.717) is 5.92 Å². The molecule has 2 heteroatoms. The maximum atomic E-state index is 6.12. The molecule has 0 fully saturated rings. The first kappa shape index (κ1) is 15.1. The zero-order chi connectivity index (χ0) is 14.5. The van der Waals surface area contributed by atoms with Crippen LogP contribution in [0.1, 0.15) is 28.2 Å². The van der Waals surface area contributed by atoms with E-state index >= 15 is 0 Å². The van der Waals surface area contributed by atoms with Gasteiger partial charge in [0.25, 0.3) is 0 Å². The quantitative estimate of drug-likeness (QED) is 0.853. The van der Waals surface area contributed by atoms with Gasteiger partial charge in [-0.25, -0.2) is 0 Å². The SMILES string of the molecule is CNCC(Cc1ccc(C)c(C)c1)c1cccc(Cl)c1. The van der Waals surface area contributed by atoms with Gasteiger partial charge in [-0.3, -0.25) is 0 Å². The molecule has 0 heterocycles. The van der Waals surface area contributed by atoms with Gasteiger partial charge < -0.3 is 5.32 Å². The Balaban J connectivity index is 2.22. The van der Waals surface area contributed by atoms with Gasteiger partial charge in [-0.1, -0.05) is 41.9 Å². The second kappa shape index (κ2) is 6.92. The zero-order valence-electron chi connectivity index (χ0n) is 12.4. The van der Waals surface area contributed by atoms with E-state index in [4.69, 9.17) is 11.6 Å². The van der Waals surface area contributed by atoms with Crippen molar-refractivity contribution in [1.29, 1.82) is 0 Å². The fourth-order valence-electron chi connectivity index (χ4n) is 2.53. The molecule has 2 aromatic carbocycles. The molecule has 1 unspecified atom stereocenters. The molecule has 0 aliphatic heterocycles. The van der Waals surface area contributed by atoms with E-state index in [-0.39, 0.29) is 0 Å². The van der Waals surface area contributed by atoms with Gasteiger partial charge in [-0.05, 0) is 61.7 Å². The lowest BCUT2D eigenvalue weighted by Gasteiger charge is -2.18. The molecule has 0 aliphatic rings. The summed E-state index contributed by atoms with van der Waals surface area (Å²) in [5.74, 6) is 0.445. The van der Waals surface area contributed by atoms with Crippen LogP contribution in [0.4, 0.5) is 0 Å². The predicted molar refractivity (Wildman–Crippen MR) is 87.7 cm³/mol. The molecule has 0 aliphatic carbocycles. The molecule has 0 aromatic heterocycles. The zero-order valence-corrected chi connectivity index (χ0v) is 13.2. The van der Waals surface area contributed by atoms with Gasteiger partial charge in [0.1, 0.15) is 0 Å². The van der Waals surface area contributed by atoms with E-state index in [1.54, 1.807) is 0 Å². The maximum Gasteiger partial charge on any atom is 0.0408 e. The Kier molecular flexibility index (Phi) is 5.22. The second-order valence-corrected chi connectivity index (χ2v) is 5.87. The Morgan fingerprint density at radius 1 is 1.05 bits per heavy atom.